The van der Waals surface area contributed by atoms with Crippen LogP contribution in [0.5, 0.6) is 0 Å². The van der Waals surface area contributed by atoms with Crippen molar-refractivity contribution in [3.05, 3.63) is 179 Å². The first-order valence-electron chi connectivity index (χ1n) is 17.7. The summed E-state index contributed by atoms with van der Waals surface area (Å²) in [4.78, 5) is 11.9. The molecule has 0 amide bonds. The van der Waals surface area contributed by atoms with E-state index in [2.05, 4.69) is 137 Å². The molecule has 0 radical (unpaired) electrons. The maximum absolute atomic E-state index is 9.11. The van der Waals surface area contributed by atoms with Crippen LogP contribution in [0, 0.1) is 23.2 Å². The van der Waals surface area contributed by atoms with E-state index < -0.39 is 0 Å². The van der Waals surface area contributed by atoms with Crippen molar-refractivity contribution in [3.63, 3.8) is 0 Å². The molecule has 1 atom stereocenters. The van der Waals surface area contributed by atoms with Crippen molar-refractivity contribution in [3.8, 4) is 23.6 Å². The molecule has 2 aromatic heterocycles. The Balaban J connectivity index is 1.21. The van der Waals surface area contributed by atoms with Gasteiger partial charge in [0.1, 0.15) is 5.82 Å². The Morgan fingerprint density at radius 1 is 1.00 bits per heavy atom. The molecule has 0 bridgehead atoms. The Kier molecular flexibility index (Phi) is 10.4. The third-order valence-electron chi connectivity index (χ3n) is 9.39. The minimum atomic E-state index is 0.128. The minimum absolute atomic E-state index is 0.128. The Morgan fingerprint density at radius 3 is 2.65 bits per heavy atom. The van der Waals surface area contributed by atoms with Crippen LogP contribution in [-0.2, 0) is 25.8 Å². The molecule has 1 aliphatic heterocycles. The van der Waals surface area contributed by atoms with Crippen molar-refractivity contribution in [2.75, 3.05) is 4.90 Å². The molecule has 3 aromatic carbocycles. The second-order valence-corrected chi connectivity index (χ2v) is 12.9. The number of pyridine rings is 1. The van der Waals surface area contributed by atoms with Gasteiger partial charge in [0, 0.05) is 64.3 Å². The zero-order chi connectivity index (χ0) is 35.7. The monoisotopic (exact) mass is 676 g/mol. The van der Waals surface area contributed by atoms with Crippen LogP contribution < -0.4 is 10.6 Å². The van der Waals surface area contributed by atoms with Gasteiger partial charge in [-0.1, -0.05) is 97.3 Å². The second kappa shape index (κ2) is 15.9. The third kappa shape index (κ3) is 7.58. The summed E-state index contributed by atoms with van der Waals surface area (Å²) < 4.78 is 2.35. The molecule has 52 heavy (non-hydrogen) atoms. The number of aliphatic imine (C=N–C) groups is 1. The number of rotatable bonds is 9. The maximum atomic E-state index is 9.11. The average Bonchev–Trinajstić information content (AvgIpc) is 3.28. The Bertz CT molecular complexity index is 2370. The fraction of sp³-hybridized carbons (Fsp3) is 0.152. The lowest BCUT2D eigenvalue weighted by atomic mass is 9.94. The first-order valence-corrected chi connectivity index (χ1v) is 17.7. The highest BCUT2D eigenvalue weighted by Crippen LogP contribution is 2.35. The maximum Gasteiger partial charge on any atom is 0.122 e. The van der Waals surface area contributed by atoms with Crippen LogP contribution in [0.1, 0.15) is 52.5 Å². The fourth-order valence-electron chi connectivity index (χ4n) is 6.91. The molecule has 5 aromatic rings. The molecule has 0 saturated heterocycles. The van der Waals surface area contributed by atoms with E-state index in [0.29, 0.717) is 30.8 Å². The van der Waals surface area contributed by atoms with E-state index in [0.717, 1.165) is 58.8 Å². The third-order valence-corrected chi connectivity index (χ3v) is 9.39. The van der Waals surface area contributed by atoms with Crippen LogP contribution in [-0.4, -0.2) is 15.8 Å². The molecule has 2 aliphatic rings. The summed E-state index contributed by atoms with van der Waals surface area (Å²) in [6.45, 7) is 4.30. The van der Waals surface area contributed by atoms with Crippen LogP contribution in [0.25, 0.3) is 22.7 Å². The molecule has 1 unspecified atom stereocenters. The number of nitrogens with zero attached hydrogens (tertiary/aromatic N) is 5. The Hall–Kier alpha value is -6.63. The largest absolute Gasteiger partial charge is 0.384 e. The lowest BCUT2D eigenvalue weighted by molar-refractivity contribution is 0.768. The predicted molar refractivity (Wildman–Crippen MR) is 214 cm³/mol. The highest BCUT2D eigenvalue weighted by Gasteiger charge is 2.23. The van der Waals surface area contributed by atoms with Crippen LogP contribution >= 0.6 is 0 Å². The van der Waals surface area contributed by atoms with Crippen molar-refractivity contribution in [2.45, 2.75) is 44.6 Å². The summed E-state index contributed by atoms with van der Waals surface area (Å²) in [7, 11) is 0. The van der Waals surface area contributed by atoms with Gasteiger partial charge in [0.2, 0.25) is 0 Å². The van der Waals surface area contributed by atoms with E-state index in [1.807, 2.05) is 24.4 Å². The first kappa shape index (κ1) is 33.8. The summed E-state index contributed by atoms with van der Waals surface area (Å²) in [5.74, 6) is 7.24. The predicted octanol–water partition coefficient (Wildman–Crippen LogP) is 9.29. The molecule has 6 heteroatoms. The number of aromatic nitrogens is 2. The molecule has 7 rings (SSSR count). The molecule has 0 spiro atoms. The van der Waals surface area contributed by atoms with Gasteiger partial charge in [-0.15, -0.1) is 0 Å². The summed E-state index contributed by atoms with van der Waals surface area (Å²) in [5, 5.41) is 10.3. The van der Waals surface area contributed by atoms with E-state index >= 15 is 0 Å². The van der Waals surface area contributed by atoms with Gasteiger partial charge in [-0.05, 0) is 78.9 Å². The zero-order valence-corrected chi connectivity index (χ0v) is 29.1. The number of para-hydroxylation sites is 3. The smallest absolute Gasteiger partial charge is 0.122 e. The van der Waals surface area contributed by atoms with Crippen molar-refractivity contribution >= 4 is 28.9 Å². The number of nitrogens with two attached hydrogens (primary N) is 1. The average molecular weight is 677 g/mol. The normalized spacial score (nSPS) is 16.2. The van der Waals surface area contributed by atoms with Gasteiger partial charge in [-0.2, -0.15) is 5.26 Å². The van der Waals surface area contributed by atoms with Crippen molar-refractivity contribution < 1.29 is 0 Å². The van der Waals surface area contributed by atoms with Gasteiger partial charge >= 0.3 is 0 Å². The fourth-order valence-corrected chi connectivity index (χ4v) is 6.91. The van der Waals surface area contributed by atoms with Crippen LogP contribution in [0.15, 0.2) is 151 Å². The van der Waals surface area contributed by atoms with E-state index in [-0.39, 0.29) is 5.92 Å². The molecule has 0 saturated carbocycles. The summed E-state index contributed by atoms with van der Waals surface area (Å²) in [6, 6.07) is 33.9. The number of hydrogen-bond acceptors (Lipinski definition) is 5. The molecular formula is C46H40N6. The minimum Gasteiger partial charge on any atom is -0.384 e. The van der Waals surface area contributed by atoms with Crippen LogP contribution in [0.2, 0.25) is 0 Å². The van der Waals surface area contributed by atoms with Gasteiger partial charge in [0.05, 0.1) is 30.0 Å². The van der Waals surface area contributed by atoms with Crippen LogP contribution in [0.4, 0.5) is 5.69 Å². The number of benzene rings is 3. The number of fused-ring (bicyclic) bond motifs is 4. The number of anilines is 1. The Morgan fingerprint density at radius 2 is 1.79 bits per heavy atom. The van der Waals surface area contributed by atoms with Gasteiger partial charge < -0.3 is 15.2 Å². The summed E-state index contributed by atoms with van der Waals surface area (Å²) in [5.41, 5.74) is 17.2. The molecule has 0 fully saturated rings. The number of hydrogen-bond donors (Lipinski definition) is 1. The van der Waals surface area contributed by atoms with Gasteiger partial charge in [-0.25, -0.2) is 0 Å². The van der Waals surface area contributed by atoms with Crippen LogP contribution in [0.3, 0.4) is 0 Å². The highest BCUT2D eigenvalue weighted by molar-refractivity contribution is 5.93. The zero-order valence-electron chi connectivity index (χ0n) is 29.1. The standard InChI is InChI=1S/C46H40N6/c1-34(31-47)15-13-20-38-29-37(35-16-5-2-3-6-17-35)30-39(50-38)27-28-49-32-46(48)51-33-45-42(24-14-19-36-18-9-11-25-43(36)51)41-23-10-12-26-44(41)52(45)40-21-7-4-8-22-40/h2-4,7-15,18,21-26,28-30,32,35H,1,5,16,19-20,27,33,48H2/b15-13-,24-14-,46-32+,49-28?. The molecule has 2 N–H and O–H groups in total. The van der Waals surface area contributed by atoms with E-state index in [9.17, 15) is 0 Å². The summed E-state index contributed by atoms with van der Waals surface area (Å²) >= 11 is 0. The van der Waals surface area contributed by atoms with Crippen molar-refractivity contribution in [2.24, 2.45) is 10.7 Å². The van der Waals surface area contributed by atoms with Gasteiger partial charge in [0.15, 0.2) is 0 Å². The number of nitriles is 1. The van der Waals surface area contributed by atoms with Gasteiger partial charge in [-0.3, -0.25) is 9.98 Å². The molecular weight excluding hydrogens is 637 g/mol. The second-order valence-electron chi connectivity index (χ2n) is 12.9. The molecule has 1 aliphatic carbocycles. The lowest BCUT2D eigenvalue weighted by Crippen LogP contribution is -2.29. The lowest BCUT2D eigenvalue weighted by Gasteiger charge is -2.27. The topological polar surface area (TPSA) is 83.2 Å². The van der Waals surface area contributed by atoms with E-state index in [4.69, 9.17) is 21.0 Å². The van der Waals surface area contributed by atoms with Crippen molar-refractivity contribution in [1.82, 2.24) is 9.55 Å². The molecule has 254 valence electrons. The van der Waals surface area contributed by atoms with E-state index in [1.165, 1.54) is 16.5 Å². The quantitative estimate of drug-likeness (QED) is 0.0730. The summed E-state index contributed by atoms with van der Waals surface area (Å²) in [6.07, 6.45) is 19.7. The van der Waals surface area contributed by atoms with Crippen molar-refractivity contribution in [1.29, 1.82) is 5.26 Å². The number of allylic oxidation sites excluding steroid dienone is 6. The SMILES string of the molecule is C=C(C#N)/C=C\Cc1cc(C2C#CC=CCC2)cc(CC=N/C=C(\N)N2Cc3c(c4ccccc4n3-c3ccccc3)/C=C\Cc3ccccc32)n1. The Labute approximate surface area is 306 Å². The molecule has 6 nitrogen and oxygen atoms in total. The molecule has 3 heterocycles. The highest BCUT2D eigenvalue weighted by atomic mass is 15.2. The van der Waals surface area contributed by atoms with Gasteiger partial charge in [0.25, 0.3) is 0 Å². The first-order chi connectivity index (χ1) is 25.6. The van der Waals surface area contributed by atoms with E-state index in [1.54, 1.807) is 12.3 Å².